The minimum atomic E-state index is 0.589. The van der Waals surface area contributed by atoms with Crippen LogP contribution in [0.25, 0.3) is 0 Å². The summed E-state index contributed by atoms with van der Waals surface area (Å²) >= 11 is 0. The van der Waals surface area contributed by atoms with Gasteiger partial charge in [0.25, 0.3) is 0 Å². The summed E-state index contributed by atoms with van der Waals surface area (Å²) in [5, 5.41) is 0. The van der Waals surface area contributed by atoms with Gasteiger partial charge in [0.05, 0.1) is 0 Å². The van der Waals surface area contributed by atoms with Gasteiger partial charge in [-0.1, -0.05) is 201 Å². The molecule has 248 valence electrons. The zero-order valence-electron chi connectivity index (χ0n) is 29.6. The highest BCUT2D eigenvalue weighted by molar-refractivity contribution is 5.02. The molecule has 0 aliphatic rings. The van der Waals surface area contributed by atoms with E-state index in [-0.39, 0.29) is 0 Å². The first kappa shape index (κ1) is 39.2. The number of unbranched alkanes of at least 4 members (excludes halogenated alkanes) is 25. The van der Waals surface area contributed by atoms with Gasteiger partial charge in [0.1, 0.15) is 5.82 Å². The minimum Gasteiger partial charge on any atom is -0.332 e. The maximum Gasteiger partial charge on any atom is 0.111 e. The first-order chi connectivity index (χ1) is 20.7. The summed E-state index contributed by atoms with van der Waals surface area (Å²) in [7, 11) is 0. The topological polar surface area (TPSA) is 17.8 Å². The van der Waals surface area contributed by atoms with Gasteiger partial charge in [0, 0.05) is 24.4 Å². The van der Waals surface area contributed by atoms with E-state index in [4.69, 9.17) is 4.98 Å². The molecular formula is C40H78N2. The van der Waals surface area contributed by atoms with Crippen LogP contribution in [0.4, 0.5) is 0 Å². The highest BCUT2D eigenvalue weighted by Crippen LogP contribution is 2.30. The van der Waals surface area contributed by atoms with Gasteiger partial charge >= 0.3 is 0 Å². The molecule has 0 N–H and O–H groups in total. The molecule has 0 fully saturated rings. The van der Waals surface area contributed by atoms with E-state index in [1.807, 2.05) is 0 Å². The van der Waals surface area contributed by atoms with E-state index in [0.29, 0.717) is 12.0 Å². The van der Waals surface area contributed by atoms with E-state index >= 15 is 0 Å². The van der Waals surface area contributed by atoms with E-state index in [1.165, 1.54) is 205 Å². The largest absolute Gasteiger partial charge is 0.332 e. The lowest BCUT2D eigenvalue weighted by Crippen LogP contribution is -2.13. The Morgan fingerprint density at radius 3 is 1.14 bits per heavy atom. The van der Waals surface area contributed by atoms with Crippen molar-refractivity contribution in [3.8, 4) is 0 Å². The Morgan fingerprint density at radius 1 is 0.452 bits per heavy atom. The number of hydrogen-bond donors (Lipinski definition) is 0. The molecule has 1 rings (SSSR count). The van der Waals surface area contributed by atoms with Gasteiger partial charge in [-0.3, -0.25) is 0 Å². The van der Waals surface area contributed by atoms with E-state index in [0.717, 1.165) is 0 Å². The van der Waals surface area contributed by atoms with Gasteiger partial charge in [0.15, 0.2) is 0 Å². The number of aromatic nitrogens is 2. The maximum atomic E-state index is 4.98. The lowest BCUT2D eigenvalue weighted by atomic mass is 9.93. The first-order valence-electron chi connectivity index (χ1n) is 19.8. The molecule has 0 aliphatic carbocycles. The summed E-state index contributed by atoms with van der Waals surface area (Å²) in [5.41, 5.74) is 0. The molecule has 2 atom stereocenters. The number of rotatable bonds is 33. The van der Waals surface area contributed by atoms with Crippen LogP contribution in [0.5, 0.6) is 0 Å². The standard InChI is InChI=1S/C40H78N2/c1-5-8-11-14-16-18-19-20-21-22-23-25-26-28-30-33-38(4)42-37-36-41-40(42)39(34-31-13-10-7-3)35-32-29-27-24-17-15-12-9-6-2/h36-39H,5-35H2,1-4H3. The molecule has 1 aromatic heterocycles. The zero-order valence-corrected chi connectivity index (χ0v) is 29.6. The van der Waals surface area contributed by atoms with Crippen LogP contribution in [0.2, 0.25) is 0 Å². The third-order valence-corrected chi connectivity index (χ3v) is 9.83. The molecule has 0 radical (unpaired) electrons. The van der Waals surface area contributed by atoms with Crippen molar-refractivity contribution in [2.75, 3.05) is 0 Å². The maximum absolute atomic E-state index is 4.98. The summed E-state index contributed by atoms with van der Waals surface area (Å²) in [6.07, 6.45) is 48.2. The molecule has 0 amide bonds. The fraction of sp³-hybridized carbons (Fsp3) is 0.925. The highest BCUT2D eigenvalue weighted by Gasteiger charge is 2.19. The Kier molecular flexibility index (Phi) is 28.3. The highest BCUT2D eigenvalue weighted by atomic mass is 15.1. The third-order valence-electron chi connectivity index (χ3n) is 9.83. The fourth-order valence-corrected chi connectivity index (χ4v) is 6.89. The van der Waals surface area contributed by atoms with Crippen molar-refractivity contribution in [2.24, 2.45) is 0 Å². The van der Waals surface area contributed by atoms with Gasteiger partial charge in [-0.25, -0.2) is 4.98 Å². The van der Waals surface area contributed by atoms with Crippen molar-refractivity contribution in [2.45, 2.75) is 239 Å². The smallest absolute Gasteiger partial charge is 0.111 e. The van der Waals surface area contributed by atoms with Crippen LogP contribution in [0, 0.1) is 0 Å². The first-order valence-corrected chi connectivity index (χ1v) is 19.8. The van der Waals surface area contributed by atoms with Crippen molar-refractivity contribution < 1.29 is 0 Å². The van der Waals surface area contributed by atoms with Crippen molar-refractivity contribution >= 4 is 0 Å². The van der Waals surface area contributed by atoms with Crippen molar-refractivity contribution in [3.63, 3.8) is 0 Å². The second-order valence-corrected chi connectivity index (χ2v) is 13.9. The van der Waals surface area contributed by atoms with Crippen LogP contribution in [0.1, 0.15) is 245 Å². The molecule has 0 aromatic carbocycles. The van der Waals surface area contributed by atoms with E-state index in [9.17, 15) is 0 Å². The summed E-state index contributed by atoms with van der Waals surface area (Å²) in [4.78, 5) is 4.98. The van der Waals surface area contributed by atoms with Crippen LogP contribution < -0.4 is 0 Å². The van der Waals surface area contributed by atoms with Gasteiger partial charge in [-0.15, -0.1) is 0 Å². The lowest BCUT2D eigenvalue weighted by molar-refractivity contribution is 0.413. The van der Waals surface area contributed by atoms with Crippen LogP contribution in [-0.4, -0.2) is 9.55 Å². The molecular weight excluding hydrogens is 508 g/mol. The van der Waals surface area contributed by atoms with Gasteiger partial charge in [-0.2, -0.15) is 0 Å². The van der Waals surface area contributed by atoms with Crippen molar-refractivity contribution in [3.05, 3.63) is 18.2 Å². The molecule has 1 heterocycles. The van der Waals surface area contributed by atoms with Crippen LogP contribution in [0.3, 0.4) is 0 Å². The molecule has 0 bridgehead atoms. The summed E-state index contributed by atoms with van der Waals surface area (Å²) in [6, 6.07) is 0.589. The van der Waals surface area contributed by atoms with Crippen molar-refractivity contribution in [1.82, 2.24) is 9.55 Å². The van der Waals surface area contributed by atoms with E-state index in [1.54, 1.807) is 0 Å². The Balaban J connectivity index is 2.25. The Hall–Kier alpha value is -0.790. The predicted molar refractivity (Wildman–Crippen MR) is 190 cm³/mol. The lowest BCUT2D eigenvalue weighted by Gasteiger charge is -2.22. The Bertz CT molecular complexity index is 650. The second kappa shape index (κ2) is 30.2. The normalized spacial score (nSPS) is 13.1. The van der Waals surface area contributed by atoms with Gasteiger partial charge in [-0.05, 0) is 26.2 Å². The number of hydrogen-bond acceptors (Lipinski definition) is 1. The summed E-state index contributed by atoms with van der Waals surface area (Å²) in [6.45, 7) is 9.39. The molecule has 2 unspecified atom stereocenters. The molecule has 0 aliphatic heterocycles. The zero-order chi connectivity index (χ0) is 30.4. The Labute approximate surface area is 266 Å². The van der Waals surface area contributed by atoms with Crippen LogP contribution >= 0.6 is 0 Å². The van der Waals surface area contributed by atoms with Crippen LogP contribution in [0.15, 0.2) is 12.4 Å². The van der Waals surface area contributed by atoms with Crippen molar-refractivity contribution in [1.29, 1.82) is 0 Å². The number of nitrogens with zero attached hydrogens (tertiary/aromatic N) is 2. The average Bonchev–Trinajstić information content (AvgIpc) is 3.49. The van der Waals surface area contributed by atoms with Gasteiger partial charge < -0.3 is 4.57 Å². The summed E-state index contributed by atoms with van der Waals surface area (Å²) < 4.78 is 2.57. The quantitative estimate of drug-likeness (QED) is 0.0749. The molecule has 42 heavy (non-hydrogen) atoms. The monoisotopic (exact) mass is 587 g/mol. The Morgan fingerprint density at radius 2 is 0.762 bits per heavy atom. The minimum absolute atomic E-state index is 0.589. The molecule has 0 spiro atoms. The number of imidazole rings is 1. The predicted octanol–water partition coefficient (Wildman–Crippen LogP) is 14.7. The molecule has 0 saturated heterocycles. The third kappa shape index (κ3) is 21.8. The molecule has 2 nitrogen and oxygen atoms in total. The average molecular weight is 587 g/mol. The van der Waals surface area contributed by atoms with E-state index < -0.39 is 0 Å². The SMILES string of the molecule is CCCCCCCCCCCCCCCCCC(C)n1ccnc1C(CCCCCC)CCCCCCCCCCC. The van der Waals surface area contributed by atoms with Crippen LogP contribution in [-0.2, 0) is 0 Å². The van der Waals surface area contributed by atoms with Gasteiger partial charge in [0.2, 0.25) is 0 Å². The van der Waals surface area contributed by atoms with E-state index in [2.05, 4.69) is 44.7 Å². The molecule has 2 heteroatoms. The fourth-order valence-electron chi connectivity index (χ4n) is 6.89. The summed E-state index contributed by atoms with van der Waals surface area (Å²) in [5.74, 6) is 2.06. The molecule has 1 aromatic rings. The molecule has 0 saturated carbocycles. The second-order valence-electron chi connectivity index (χ2n) is 13.9.